The number of likely N-dealkylation sites (N-methyl/N-ethyl adjacent to an activating group) is 1. The van der Waals surface area contributed by atoms with E-state index in [1.165, 1.54) is 16.2 Å². The maximum Gasteiger partial charge on any atom is 0.250 e. The van der Waals surface area contributed by atoms with Gasteiger partial charge in [-0.3, -0.25) is 0 Å². The average molecular weight is 345 g/mol. The molecule has 2 aromatic heterocycles. The van der Waals surface area contributed by atoms with Gasteiger partial charge in [-0.15, -0.1) is 22.7 Å². The molecular weight excluding hydrogens is 324 g/mol. The molecule has 0 radical (unpaired) electrons. The zero-order valence-corrected chi connectivity index (χ0v) is 14.4. The highest BCUT2D eigenvalue weighted by Gasteiger charge is 2.16. The van der Waals surface area contributed by atoms with Crippen LogP contribution in [0.15, 0.2) is 33.9 Å². The summed E-state index contributed by atoms with van der Waals surface area (Å²) in [7, 11) is -3.37. The quantitative estimate of drug-likeness (QED) is 0.687. The third-order valence-corrected chi connectivity index (χ3v) is 6.98. The average Bonchev–Trinajstić information content (AvgIpc) is 3.10. The van der Waals surface area contributed by atoms with E-state index >= 15 is 0 Å². The van der Waals surface area contributed by atoms with Gasteiger partial charge in [-0.05, 0) is 49.5 Å². The Labute approximate surface area is 134 Å². The maximum atomic E-state index is 12.2. The smallest absolute Gasteiger partial charge is 0.250 e. The van der Waals surface area contributed by atoms with Crippen molar-refractivity contribution in [3.05, 3.63) is 39.4 Å². The van der Waals surface area contributed by atoms with Crippen LogP contribution < -0.4 is 10.0 Å². The summed E-state index contributed by atoms with van der Waals surface area (Å²) in [6.07, 6.45) is 1.60. The van der Waals surface area contributed by atoms with E-state index in [-0.39, 0.29) is 0 Å². The molecule has 0 aliphatic heterocycles. The summed E-state index contributed by atoms with van der Waals surface area (Å²) in [5.74, 6) is 0. The minimum Gasteiger partial charge on any atom is -0.317 e. The van der Waals surface area contributed by atoms with Crippen LogP contribution in [0.5, 0.6) is 0 Å². The van der Waals surface area contributed by atoms with Crippen LogP contribution in [0.2, 0.25) is 0 Å². The first-order chi connectivity index (χ1) is 10.1. The molecule has 0 bridgehead atoms. The number of rotatable bonds is 9. The summed E-state index contributed by atoms with van der Waals surface area (Å²) >= 11 is 3.00. The van der Waals surface area contributed by atoms with E-state index in [1.54, 1.807) is 17.4 Å². The molecule has 2 heterocycles. The SMILES string of the molecule is CCNCCc1ccc(S(=O)(=O)NCCc2cccs2)s1. The maximum absolute atomic E-state index is 12.2. The topological polar surface area (TPSA) is 58.2 Å². The lowest BCUT2D eigenvalue weighted by molar-refractivity contribution is 0.584. The molecule has 0 aromatic carbocycles. The molecule has 116 valence electrons. The Hall–Kier alpha value is -0.730. The van der Waals surface area contributed by atoms with Crippen molar-refractivity contribution >= 4 is 32.7 Å². The Kier molecular flexibility index (Phi) is 6.38. The van der Waals surface area contributed by atoms with Gasteiger partial charge in [0.05, 0.1) is 0 Å². The molecule has 0 spiro atoms. The highest BCUT2D eigenvalue weighted by molar-refractivity contribution is 7.91. The number of thiophene rings is 2. The zero-order valence-electron chi connectivity index (χ0n) is 12.0. The number of nitrogens with one attached hydrogen (secondary N) is 2. The van der Waals surface area contributed by atoms with Crippen LogP contribution in [0.3, 0.4) is 0 Å². The highest BCUT2D eigenvalue weighted by Crippen LogP contribution is 2.21. The van der Waals surface area contributed by atoms with Crippen LogP contribution in [0.1, 0.15) is 16.7 Å². The van der Waals surface area contributed by atoms with E-state index in [9.17, 15) is 8.42 Å². The Morgan fingerprint density at radius 2 is 1.90 bits per heavy atom. The second kappa shape index (κ2) is 8.05. The predicted octanol–water partition coefficient (Wildman–Crippen LogP) is 2.48. The van der Waals surface area contributed by atoms with Crippen LogP contribution in [0, 0.1) is 0 Å². The van der Waals surface area contributed by atoms with Crippen molar-refractivity contribution in [2.45, 2.75) is 24.0 Å². The number of sulfonamides is 1. The summed E-state index contributed by atoms with van der Waals surface area (Å²) < 4.78 is 27.5. The third-order valence-electron chi connectivity index (χ3n) is 2.94. The van der Waals surface area contributed by atoms with Crippen molar-refractivity contribution in [3.8, 4) is 0 Å². The van der Waals surface area contributed by atoms with Gasteiger partial charge >= 0.3 is 0 Å². The molecule has 2 rings (SSSR count). The molecule has 0 saturated heterocycles. The molecule has 0 aliphatic carbocycles. The first-order valence-electron chi connectivity index (χ1n) is 6.93. The fourth-order valence-corrected chi connectivity index (χ4v) is 5.00. The Bertz CT molecular complexity index is 633. The summed E-state index contributed by atoms with van der Waals surface area (Å²) in [4.78, 5) is 2.28. The molecule has 0 fully saturated rings. The van der Waals surface area contributed by atoms with Crippen LogP contribution in [-0.2, 0) is 22.9 Å². The van der Waals surface area contributed by atoms with E-state index < -0.39 is 10.0 Å². The van der Waals surface area contributed by atoms with Crippen molar-refractivity contribution in [1.29, 1.82) is 0 Å². The van der Waals surface area contributed by atoms with Gasteiger partial charge < -0.3 is 5.32 Å². The lowest BCUT2D eigenvalue weighted by Crippen LogP contribution is -2.25. The predicted molar refractivity (Wildman–Crippen MR) is 89.8 cm³/mol. The summed E-state index contributed by atoms with van der Waals surface area (Å²) in [5, 5.41) is 5.24. The van der Waals surface area contributed by atoms with Crippen molar-refractivity contribution in [1.82, 2.24) is 10.0 Å². The molecule has 0 aliphatic rings. The minimum atomic E-state index is -3.37. The number of hydrogen-bond donors (Lipinski definition) is 2. The Morgan fingerprint density at radius 1 is 1.10 bits per heavy atom. The third kappa shape index (κ3) is 5.19. The van der Waals surface area contributed by atoms with Gasteiger partial charge in [0, 0.05) is 16.3 Å². The van der Waals surface area contributed by atoms with E-state index in [0.717, 1.165) is 30.8 Å². The summed E-state index contributed by atoms with van der Waals surface area (Å²) in [6, 6.07) is 7.59. The fraction of sp³-hybridized carbons (Fsp3) is 0.429. The van der Waals surface area contributed by atoms with Gasteiger partial charge in [0.25, 0.3) is 0 Å². The molecule has 7 heteroatoms. The first-order valence-corrected chi connectivity index (χ1v) is 10.1. The zero-order chi connectivity index (χ0) is 15.1. The lowest BCUT2D eigenvalue weighted by atomic mass is 10.3. The lowest BCUT2D eigenvalue weighted by Gasteiger charge is -2.03. The van der Waals surface area contributed by atoms with Gasteiger partial charge in [0.1, 0.15) is 4.21 Å². The first kappa shape index (κ1) is 16.6. The van der Waals surface area contributed by atoms with Crippen molar-refractivity contribution < 1.29 is 8.42 Å². The summed E-state index contributed by atoms with van der Waals surface area (Å²) in [5.41, 5.74) is 0. The molecule has 4 nitrogen and oxygen atoms in total. The van der Waals surface area contributed by atoms with E-state index in [0.29, 0.717) is 10.8 Å². The molecular formula is C14H20N2O2S3. The minimum absolute atomic E-state index is 0.403. The van der Waals surface area contributed by atoms with Crippen LogP contribution >= 0.6 is 22.7 Å². The fourth-order valence-electron chi connectivity index (χ4n) is 1.86. The van der Waals surface area contributed by atoms with Crippen LogP contribution in [-0.4, -0.2) is 28.1 Å². The molecule has 21 heavy (non-hydrogen) atoms. The Balaban J connectivity index is 1.86. The van der Waals surface area contributed by atoms with Crippen LogP contribution in [0.25, 0.3) is 0 Å². The molecule has 2 N–H and O–H groups in total. The van der Waals surface area contributed by atoms with Crippen molar-refractivity contribution in [2.75, 3.05) is 19.6 Å². The number of hydrogen-bond acceptors (Lipinski definition) is 5. The molecule has 2 aromatic rings. The van der Waals surface area contributed by atoms with Crippen molar-refractivity contribution in [3.63, 3.8) is 0 Å². The monoisotopic (exact) mass is 344 g/mol. The van der Waals surface area contributed by atoms with Gasteiger partial charge in [0.2, 0.25) is 10.0 Å². The van der Waals surface area contributed by atoms with Gasteiger partial charge in [0.15, 0.2) is 0 Å². The second-order valence-electron chi connectivity index (χ2n) is 4.55. The molecule has 0 unspecified atom stereocenters. The largest absolute Gasteiger partial charge is 0.317 e. The normalized spacial score (nSPS) is 11.9. The van der Waals surface area contributed by atoms with Gasteiger partial charge in [-0.25, -0.2) is 13.1 Å². The molecule has 0 atom stereocenters. The standard InChI is InChI=1S/C14H20N2O2S3/c1-2-15-9-7-13-5-6-14(20-13)21(17,18)16-10-8-12-4-3-11-19-12/h3-6,11,15-16H,2,7-10H2,1H3. The van der Waals surface area contributed by atoms with E-state index in [1.807, 2.05) is 23.6 Å². The summed E-state index contributed by atoms with van der Waals surface area (Å²) in [6.45, 7) is 4.30. The Morgan fingerprint density at radius 3 is 2.62 bits per heavy atom. The molecule has 0 saturated carbocycles. The second-order valence-corrected chi connectivity index (χ2v) is 8.75. The highest BCUT2D eigenvalue weighted by atomic mass is 32.2. The van der Waals surface area contributed by atoms with E-state index in [4.69, 9.17) is 0 Å². The van der Waals surface area contributed by atoms with Crippen LogP contribution in [0.4, 0.5) is 0 Å². The van der Waals surface area contributed by atoms with E-state index in [2.05, 4.69) is 17.0 Å². The van der Waals surface area contributed by atoms with Crippen molar-refractivity contribution in [2.24, 2.45) is 0 Å². The molecule has 0 amide bonds. The van der Waals surface area contributed by atoms with Gasteiger partial charge in [-0.1, -0.05) is 13.0 Å². The van der Waals surface area contributed by atoms with Gasteiger partial charge in [-0.2, -0.15) is 0 Å².